The van der Waals surface area contributed by atoms with Crippen molar-refractivity contribution in [2.24, 2.45) is 11.7 Å². The summed E-state index contributed by atoms with van der Waals surface area (Å²) in [7, 11) is 0. The van der Waals surface area contributed by atoms with E-state index in [0.29, 0.717) is 17.6 Å². The third-order valence-corrected chi connectivity index (χ3v) is 4.91. The highest BCUT2D eigenvalue weighted by Gasteiger charge is 2.34. The lowest BCUT2D eigenvalue weighted by Gasteiger charge is -2.20. The molecule has 1 aliphatic rings. The highest BCUT2D eigenvalue weighted by atomic mass is 19.1. The van der Waals surface area contributed by atoms with Gasteiger partial charge in [-0.3, -0.25) is 9.89 Å². The molecule has 0 unspecified atom stereocenters. The summed E-state index contributed by atoms with van der Waals surface area (Å²) in [5, 5.41) is 14.3. The first-order valence-electron chi connectivity index (χ1n) is 8.88. The molecule has 0 radical (unpaired) electrons. The van der Waals surface area contributed by atoms with Gasteiger partial charge >= 0.3 is 0 Å². The van der Waals surface area contributed by atoms with Crippen molar-refractivity contribution < 1.29 is 14.0 Å². The molecule has 3 aromatic rings. The highest BCUT2D eigenvalue weighted by Crippen LogP contribution is 2.34. The number of nitrogens with one attached hydrogen (secondary N) is 2. The molecule has 0 aliphatic heterocycles. The van der Waals surface area contributed by atoms with Gasteiger partial charge in [0.15, 0.2) is 0 Å². The first-order chi connectivity index (χ1) is 14.0. The number of rotatable bonds is 4. The van der Waals surface area contributed by atoms with Gasteiger partial charge in [0.1, 0.15) is 13.0 Å². The predicted octanol–water partition coefficient (Wildman–Crippen LogP) is 2.44. The highest BCUT2D eigenvalue weighted by molar-refractivity contribution is 6.02. The molecule has 152 valence electrons. The van der Waals surface area contributed by atoms with Crippen LogP contribution in [0.5, 0.6) is 0 Å². The number of nitrogens with two attached hydrogens (primary N) is 1. The van der Waals surface area contributed by atoms with Crippen molar-refractivity contribution >= 4 is 23.9 Å². The lowest BCUT2D eigenvalue weighted by molar-refractivity contribution is -0.0980. The van der Waals surface area contributed by atoms with Crippen LogP contribution in [0, 0.1) is 18.8 Å². The summed E-state index contributed by atoms with van der Waals surface area (Å²) < 4.78 is 16.1. The number of aromatic nitrogens is 4. The SMILES string of the molecule is C#C.C=O.C[C@H]1CC[C@@H](Nc2c(C(N)=O)cnn3cc(-c4ccn[nH]4)cc23)[C@H]1F. The number of hydrogen-bond acceptors (Lipinski definition) is 5. The van der Waals surface area contributed by atoms with Gasteiger partial charge in [0.05, 0.1) is 34.7 Å². The van der Waals surface area contributed by atoms with Crippen LogP contribution < -0.4 is 11.1 Å². The molecule has 3 atom stereocenters. The number of H-pyrrole nitrogens is 1. The van der Waals surface area contributed by atoms with Crippen molar-refractivity contribution in [2.75, 3.05) is 5.32 Å². The van der Waals surface area contributed by atoms with E-state index in [4.69, 9.17) is 10.5 Å². The molecule has 3 heterocycles. The molecule has 9 heteroatoms. The Morgan fingerprint density at radius 3 is 2.69 bits per heavy atom. The van der Waals surface area contributed by atoms with Crippen molar-refractivity contribution in [3.05, 3.63) is 36.3 Å². The van der Waals surface area contributed by atoms with Crippen LogP contribution >= 0.6 is 0 Å². The zero-order valence-corrected chi connectivity index (χ0v) is 16.0. The zero-order chi connectivity index (χ0) is 21.6. The number of carbonyl (C=O) groups is 2. The van der Waals surface area contributed by atoms with Crippen molar-refractivity contribution in [1.29, 1.82) is 0 Å². The quantitative estimate of drug-likeness (QED) is 0.584. The van der Waals surface area contributed by atoms with E-state index >= 15 is 0 Å². The molecule has 0 aromatic carbocycles. The molecule has 3 aromatic heterocycles. The Kier molecular flexibility index (Phi) is 7.09. The van der Waals surface area contributed by atoms with Crippen molar-refractivity contribution in [3.8, 4) is 24.1 Å². The summed E-state index contributed by atoms with van der Waals surface area (Å²) in [5.41, 5.74) is 8.66. The fourth-order valence-electron chi connectivity index (χ4n) is 3.45. The average molecular weight is 398 g/mol. The molecule has 0 spiro atoms. The molecular formula is C20H23FN6O2. The Hall–Kier alpha value is -3.67. The number of amides is 1. The van der Waals surface area contributed by atoms with Crippen LogP contribution in [0.3, 0.4) is 0 Å². The lowest BCUT2D eigenvalue weighted by Crippen LogP contribution is -2.29. The summed E-state index contributed by atoms with van der Waals surface area (Å²) in [6.45, 7) is 3.90. The molecule has 29 heavy (non-hydrogen) atoms. The standard InChI is InChI=1S/C17H19FN6O.C2H2.CH2O/c1-9-2-3-13(15(9)18)22-16-11(17(19)25)7-21-24-8-10(6-14(16)24)12-4-5-20-23-12;2*1-2/h4-9,13,15,22H,2-3H2,1H3,(H2,19,25)(H,20,23);1-2H;1H2/t9-,13+,15-;;/m0../s1. The second-order valence-electron chi connectivity index (χ2n) is 6.58. The number of halogens is 1. The molecule has 0 bridgehead atoms. The minimum atomic E-state index is -0.962. The van der Waals surface area contributed by atoms with E-state index in [-0.39, 0.29) is 17.5 Å². The van der Waals surface area contributed by atoms with Gasteiger partial charge in [-0.05, 0) is 30.9 Å². The van der Waals surface area contributed by atoms with E-state index in [2.05, 4.69) is 33.5 Å². The maximum absolute atomic E-state index is 14.4. The molecule has 4 rings (SSSR count). The van der Waals surface area contributed by atoms with Gasteiger partial charge in [-0.1, -0.05) is 6.92 Å². The van der Waals surface area contributed by atoms with Crippen LogP contribution in [0.15, 0.2) is 30.7 Å². The number of terminal acetylenes is 1. The second kappa shape index (κ2) is 9.50. The van der Waals surface area contributed by atoms with Gasteiger partial charge in [0.25, 0.3) is 5.91 Å². The Balaban J connectivity index is 0.000000707. The van der Waals surface area contributed by atoms with E-state index in [1.165, 1.54) is 6.20 Å². The molecule has 1 amide bonds. The lowest BCUT2D eigenvalue weighted by atomic mass is 10.1. The van der Waals surface area contributed by atoms with Gasteiger partial charge < -0.3 is 15.8 Å². The minimum absolute atomic E-state index is 0.000254. The maximum Gasteiger partial charge on any atom is 0.252 e. The molecule has 0 saturated heterocycles. The van der Waals surface area contributed by atoms with Crippen LogP contribution in [-0.2, 0) is 4.79 Å². The summed E-state index contributed by atoms with van der Waals surface area (Å²) in [6, 6.07) is 3.37. The summed E-state index contributed by atoms with van der Waals surface area (Å²) >= 11 is 0. The first-order valence-corrected chi connectivity index (χ1v) is 8.88. The van der Waals surface area contributed by atoms with E-state index in [1.54, 1.807) is 10.7 Å². The Bertz CT molecular complexity index is 982. The van der Waals surface area contributed by atoms with E-state index < -0.39 is 12.1 Å². The fourth-order valence-corrected chi connectivity index (χ4v) is 3.45. The van der Waals surface area contributed by atoms with Crippen molar-refractivity contribution in [3.63, 3.8) is 0 Å². The van der Waals surface area contributed by atoms with Crippen LogP contribution in [0.4, 0.5) is 10.1 Å². The summed E-state index contributed by atoms with van der Waals surface area (Å²) in [6.07, 6.45) is 13.5. The third-order valence-electron chi connectivity index (χ3n) is 4.91. The van der Waals surface area contributed by atoms with E-state index in [0.717, 1.165) is 17.7 Å². The number of aromatic amines is 1. The summed E-state index contributed by atoms with van der Waals surface area (Å²) in [5.74, 6) is -0.594. The number of nitrogens with zero attached hydrogens (tertiary/aromatic N) is 3. The molecule has 1 aliphatic carbocycles. The number of primary amides is 1. The smallest absolute Gasteiger partial charge is 0.252 e. The number of hydrogen-bond donors (Lipinski definition) is 3. The average Bonchev–Trinajstić information content (AvgIpc) is 3.47. The fraction of sp³-hybridized carbons (Fsp3) is 0.300. The minimum Gasteiger partial charge on any atom is -0.377 e. The molecular weight excluding hydrogens is 375 g/mol. The van der Waals surface area contributed by atoms with Crippen LogP contribution in [0.1, 0.15) is 30.1 Å². The van der Waals surface area contributed by atoms with Gasteiger partial charge in [-0.2, -0.15) is 10.2 Å². The summed E-state index contributed by atoms with van der Waals surface area (Å²) in [4.78, 5) is 19.8. The Morgan fingerprint density at radius 2 is 2.14 bits per heavy atom. The Labute approximate surface area is 167 Å². The van der Waals surface area contributed by atoms with Gasteiger partial charge in [-0.25, -0.2) is 8.91 Å². The largest absolute Gasteiger partial charge is 0.377 e. The van der Waals surface area contributed by atoms with Gasteiger partial charge in [0, 0.05) is 18.0 Å². The molecule has 1 fully saturated rings. The number of carbonyl (C=O) groups excluding carboxylic acids is 2. The third kappa shape index (κ3) is 4.27. The van der Waals surface area contributed by atoms with Crippen molar-refractivity contribution in [2.45, 2.75) is 32.0 Å². The Morgan fingerprint density at radius 1 is 1.41 bits per heavy atom. The number of fused-ring (bicyclic) bond motifs is 1. The van der Waals surface area contributed by atoms with Crippen LogP contribution in [0.2, 0.25) is 0 Å². The number of alkyl halides is 1. The van der Waals surface area contributed by atoms with Gasteiger partial charge in [0.2, 0.25) is 0 Å². The molecule has 4 N–H and O–H groups in total. The van der Waals surface area contributed by atoms with Crippen molar-refractivity contribution in [1.82, 2.24) is 19.8 Å². The molecule has 1 saturated carbocycles. The second-order valence-corrected chi connectivity index (χ2v) is 6.58. The number of anilines is 1. The first kappa shape index (κ1) is 21.6. The van der Waals surface area contributed by atoms with Crippen LogP contribution in [-0.4, -0.2) is 44.7 Å². The van der Waals surface area contributed by atoms with Crippen LogP contribution in [0.25, 0.3) is 16.8 Å². The topological polar surface area (TPSA) is 118 Å². The van der Waals surface area contributed by atoms with Gasteiger partial charge in [-0.15, -0.1) is 12.8 Å². The van der Waals surface area contributed by atoms with E-state index in [1.807, 2.05) is 32.0 Å². The zero-order valence-electron chi connectivity index (χ0n) is 16.0. The monoisotopic (exact) mass is 398 g/mol. The normalized spacial score (nSPS) is 20.2. The molecule has 8 nitrogen and oxygen atoms in total. The maximum atomic E-state index is 14.4. The predicted molar refractivity (Wildman–Crippen MR) is 109 cm³/mol. The van der Waals surface area contributed by atoms with E-state index in [9.17, 15) is 9.18 Å².